The van der Waals surface area contributed by atoms with Crippen molar-refractivity contribution in [3.8, 4) is 0 Å². The summed E-state index contributed by atoms with van der Waals surface area (Å²) in [6.07, 6.45) is 6.58. The minimum atomic E-state index is -3.52. The van der Waals surface area contributed by atoms with E-state index in [0.29, 0.717) is 12.0 Å². The average molecular weight is 288 g/mol. The fourth-order valence-electron chi connectivity index (χ4n) is 3.03. The SMILES string of the molecule is CC(C)S(=O)(=O)NC(=O)C1CCC2CCCCC2N1. The van der Waals surface area contributed by atoms with Crippen LogP contribution in [0, 0.1) is 5.92 Å². The molecule has 0 bridgehead atoms. The molecule has 1 aliphatic carbocycles. The number of fused-ring (bicyclic) bond motifs is 1. The first-order valence-corrected chi connectivity index (χ1v) is 8.76. The zero-order chi connectivity index (χ0) is 14.0. The fourth-order valence-corrected chi connectivity index (χ4v) is 3.69. The first-order valence-electron chi connectivity index (χ1n) is 7.21. The van der Waals surface area contributed by atoms with Crippen molar-refractivity contribution >= 4 is 15.9 Å². The van der Waals surface area contributed by atoms with Crippen molar-refractivity contribution in [2.75, 3.05) is 0 Å². The van der Waals surface area contributed by atoms with Crippen LogP contribution in [-0.4, -0.2) is 31.7 Å². The van der Waals surface area contributed by atoms with Crippen LogP contribution in [-0.2, 0) is 14.8 Å². The first-order chi connectivity index (χ1) is 8.90. The van der Waals surface area contributed by atoms with E-state index in [0.717, 1.165) is 19.3 Å². The van der Waals surface area contributed by atoms with Gasteiger partial charge in [0.05, 0.1) is 11.3 Å². The highest BCUT2D eigenvalue weighted by Gasteiger charge is 2.35. The Labute approximate surface area is 115 Å². The molecule has 0 aromatic heterocycles. The second-order valence-electron chi connectivity index (χ2n) is 6.01. The van der Waals surface area contributed by atoms with E-state index >= 15 is 0 Å². The molecule has 19 heavy (non-hydrogen) atoms. The summed E-state index contributed by atoms with van der Waals surface area (Å²) in [4.78, 5) is 12.0. The van der Waals surface area contributed by atoms with Crippen LogP contribution in [0.4, 0.5) is 0 Å². The van der Waals surface area contributed by atoms with Gasteiger partial charge in [-0.3, -0.25) is 9.52 Å². The topological polar surface area (TPSA) is 75.3 Å². The van der Waals surface area contributed by atoms with Crippen molar-refractivity contribution < 1.29 is 13.2 Å². The molecule has 6 heteroatoms. The molecule has 0 spiro atoms. The van der Waals surface area contributed by atoms with E-state index in [1.54, 1.807) is 13.8 Å². The van der Waals surface area contributed by atoms with Crippen molar-refractivity contribution in [2.45, 2.75) is 69.7 Å². The summed E-state index contributed by atoms with van der Waals surface area (Å²) in [6.45, 7) is 3.14. The lowest BCUT2D eigenvalue weighted by Crippen LogP contribution is -2.56. The zero-order valence-electron chi connectivity index (χ0n) is 11.7. The van der Waals surface area contributed by atoms with E-state index in [-0.39, 0.29) is 6.04 Å². The maximum absolute atomic E-state index is 12.0. The van der Waals surface area contributed by atoms with Gasteiger partial charge in [0.2, 0.25) is 10.0 Å². The van der Waals surface area contributed by atoms with Gasteiger partial charge in [-0.15, -0.1) is 0 Å². The lowest BCUT2D eigenvalue weighted by Gasteiger charge is -2.39. The molecule has 3 atom stereocenters. The number of piperidine rings is 1. The molecule has 1 amide bonds. The molecule has 0 aromatic carbocycles. The average Bonchev–Trinajstić information content (AvgIpc) is 2.37. The van der Waals surface area contributed by atoms with E-state index in [9.17, 15) is 13.2 Å². The standard InChI is InChI=1S/C13H24N2O3S/c1-9(2)19(17,18)15-13(16)12-8-7-10-5-3-4-6-11(10)14-12/h9-12,14H,3-8H2,1-2H3,(H,15,16). The third-order valence-electron chi connectivity index (χ3n) is 4.33. The van der Waals surface area contributed by atoms with Crippen LogP contribution >= 0.6 is 0 Å². The molecule has 110 valence electrons. The van der Waals surface area contributed by atoms with Gasteiger partial charge in [0.25, 0.3) is 5.91 Å². The fraction of sp³-hybridized carbons (Fsp3) is 0.923. The predicted octanol–water partition coefficient (Wildman–Crippen LogP) is 1.15. The molecule has 2 fully saturated rings. The molecule has 0 aromatic rings. The maximum Gasteiger partial charge on any atom is 0.250 e. The second-order valence-corrected chi connectivity index (χ2v) is 8.24. The zero-order valence-corrected chi connectivity index (χ0v) is 12.5. The van der Waals surface area contributed by atoms with Crippen LogP contribution in [0.2, 0.25) is 0 Å². The lowest BCUT2D eigenvalue weighted by atomic mass is 9.78. The van der Waals surface area contributed by atoms with E-state index in [1.807, 2.05) is 0 Å². The molecule has 5 nitrogen and oxygen atoms in total. The van der Waals surface area contributed by atoms with Gasteiger partial charge < -0.3 is 5.32 Å². The van der Waals surface area contributed by atoms with Crippen LogP contribution in [0.5, 0.6) is 0 Å². The van der Waals surface area contributed by atoms with E-state index in [2.05, 4.69) is 10.0 Å². The van der Waals surface area contributed by atoms with Crippen LogP contribution < -0.4 is 10.0 Å². The molecule has 3 unspecified atom stereocenters. The molecular formula is C13H24N2O3S. The largest absolute Gasteiger partial charge is 0.303 e. The van der Waals surface area contributed by atoms with Gasteiger partial charge in [-0.25, -0.2) is 8.42 Å². The van der Waals surface area contributed by atoms with Gasteiger partial charge in [0, 0.05) is 6.04 Å². The first kappa shape index (κ1) is 14.8. The molecule has 1 saturated heterocycles. The lowest BCUT2D eigenvalue weighted by molar-refractivity contribution is -0.122. The molecule has 1 aliphatic heterocycles. The van der Waals surface area contributed by atoms with Gasteiger partial charge in [-0.1, -0.05) is 12.8 Å². The Balaban J connectivity index is 1.94. The Kier molecular flexibility index (Phi) is 4.50. The summed E-state index contributed by atoms with van der Waals surface area (Å²) in [6, 6.07) is 0.0351. The molecule has 0 radical (unpaired) electrons. The Morgan fingerprint density at radius 2 is 1.84 bits per heavy atom. The number of rotatable bonds is 3. The summed E-state index contributed by atoms with van der Waals surface area (Å²) >= 11 is 0. The Morgan fingerprint density at radius 3 is 2.53 bits per heavy atom. The summed E-state index contributed by atoms with van der Waals surface area (Å²) < 4.78 is 25.6. The van der Waals surface area contributed by atoms with Crippen molar-refractivity contribution in [1.82, 2.24) is 10.0 Å². The molecule has 2 rings (SSSR count). The minimum absolute atomic E-state index is 0.354. The predicted molar refractivity (Wildman–Crippen MR) is 74.1 cm³/mol. The van der Waals surface area contributed by atoms with Gasteiger partial charge in [0.15, 0.2) is 0 Å². The number of carbonyl (C=O) groups is 1. The van der Waals surface area contributed by atoms with Crippen molar-refractivity contribution in [1.29, 1.82) is 0 Å². The Morgan fingerprint density at radius 1 is 1.16 bits per heavy atom. The monoisotopic (exact) mass is 288 g/mol. The molecule has 1 heterocycles. The summed E-state index contributed by atoms with van der Waals surface area (Å²) in [5, 5.41) is 2.76. The molecule has 2 aliphatic rings. The number of nitrogens with one attached hydrogen (secondary N) is 2. The van der Waals surface area contributed by atoms with Crippen LogP contribution in [0.15, 0.2) is 0 Å². The van der Waals surface area contributed by atoms with Crippen LogP contribution in [0.3, 0.4) is 0 Å². The van der Waals surface area contributed by atoms with E-state index < -0.39 is 21.2 Å². The number of amides is 1. The van der Waals surface area contributed by atoms with Gasteiger partial charge >= 0.3 is 0 Å². The van der Waals surface area contributed by atoms with Crippen LogP contribution in [0.25, 0.3) is 0 Å². The van der Waals surface area contributed by atoms with E-state index in [1.165, 1.54) is 19.3 Å². The number of sulfonamides is 1. The molecule has 1 saturated carbocycles. The number of hydrogen-bond acceptors (Lipinski definition) is 4. The van der Waals surface area contributed by atoms with Gasteiger partial charge in [-0.05, 0) is 45.4 Å². The highest BCUT2D eigenvalue weighted by atomic mass is 32.2. The summed E-state index contributed by atoms with van der Waals surface area (Å²) in [7, 11) is -3.52. The number of hydrogen-bond donors (Lipinski definition) is 2. The summed E-state index contributed by atoms with van der Waals surface area (Å²) in [5.41, 5.74) is 0. The van der Waals surface area contributed by atoms with Crippen LogP contribution in [0.1, 0.15) is 52.4 Å². The highest BCUT2D eigenvalue weighted by molar-refractivity contribution is 7.90. The highest BCUT2D eigenvalue weighted by Crippen LogP contribution is 2.32. The van der Waals surface area contributed by atoms with E-state index in [4.69, 9.17) is 0 Å². The minimum Gasteiger partial charge on any atom is -0.303 e. The molecule has 2 N–H and O–H groups in total. The van der Waals surface area contributed by atoms with Gasteiger partial charge in [-0.2, -0.15) is 0 Å². The quantitative estimate of drug-likeness (QED) is 0.817. The molecular weight excluding hydrogens is 264 g/mol. The second kappa shape index (κ2) is 5.79. The van der Waals surface area contributed by atoms with Gasteiger partial charge in [0.1, 0.15) is 0 Å². The number of carbonyl (C=O) groups excluding carboxylic acids is 1. The smallest absolute Gasteiger partial charge is 0.250 e. The third-order valence-corrected chi connectivity index (χ3v) is 6.06. The third kappa shape index (κ3) is 3.48. The van der Waals surface area contributed by atoms with Crippen molar-refractivity contribution in [3.05, 3.63) is 0 Å². The Hall–Kier alpha value is -0.620. The Bertz CT molecular complexity index is 433. The normalized spacial score (nSPS) is 31.8. The summed E-state index contributed by atoms with van der Waals surface area (Å²) in [5.74, 6) is 0.275. The van der Waals surface area contributed by atoms with Crippen molar-refractivity contribution in [3.63, 3.8) is 0 Å². The van der Waals surface area contributed by atoms with Crippen molar-refractivity contribution in [2.24, 2.45) is 5.92 Å². The maximum atomic E-state index is 12.0.